The molecule has 3 aromatic rings. The second-order valence-corrected chi connectivity index (χ2v) is 16.9. The molecule has 2 fully saturated rings. The van der Waals surface area contributed by atoms with Crippen molar-refractivity contribution in [1.29, 1.82) is 0 Å². The summed E-state index contributed by atoms with van der Waals surface area (Å²) in [6.07, 6.45) is 2.31. The van der Waals surface area contributed by atoms with E-state index in [0.717, 1.165) is 22.7 Å². The smallest absolute Gasteiger partial charge is 0.414 e. The first-order chi connectivity index (χ1) is 20.6. The summed E-state index contributed by atoms with van der Waals surface area (Å²) in [6.45, 7) is 8.22. The molecular formula is C31H39N5O6Si. The number of anilines is 2. The van der Waals surface area contributed by atoms with Crippen LogP contribution in [0.15, 0.2) is 48.7 Å². The lowest BCUT2D eigenvalue weighted by molar-refractivity contribution is -0.145. The predicted octanol–water partition coefficient (Wildman–Crippen LogP) is 3.06. The van der Waals surface area contributed by atoms with Gasteiger partial charge in [-0.25, -0.2) is 4.79 Å². The first-order valence-electron chi connectivity index (χ1n) is 14.8. The molecule has 6 rings (SSSR count). The van der Waals surface area contributed by atoms with Gasteiger partial charge in [0.05, 0.1) is 39.2 Å². The molecular weight excluding hydrogens is 566 g/mol. The molecule has 3 aliphatic rings. The van der Waals surface area contributed by atoms with E-state index in [2.05, 4.69) is 42.5 Å². The van der Waals surface area contributed by atoms with Crippen LogP contribution in [-0.2, 0) is 32.8 Å². The summed E-state index contributed by atoms with van der Waals surface area (Å²) in [5, 5.41) is 19.0. The molecule has 0 unspecified atom stereocenters. The van der Waals surface area contributed by atoms with Gasteiger partial charge in [0.2, 0.25) is 0 Å². The molecule has 228 valence electrons. The van der Waals surface area contributed by atoms with Gasteiger partial charge >= 0.3 is 6.09 Å². The maximum absolute atomic E-state index is 14.3. The van der Waals surface area contributed by atoms with Gasteiger partial charge in [-0.2, -0.15) is 0 Å². The number of nitrogens with zero attached hydrogens (tertiary/aromatic N) is 5. The van der Waals surface area contributed by atoms with E-state index in [1.165, 1.54) is 5.19 Å². The van der Waals surface area contributed by atoms with E-state index in [9.17, 15) is 14.7 Å². The highest BCUT2D eigenvalue weighted by atomic mass is 28.3. The number of fused-ring (bicyclic) bond motifs is 2. The first kappa shape index (κ1) is 29.3. The van der Waals surface area contributed by atoms with E-state index in [0.29, 0.717) is 38.2 Å². The third-order valence-corrected chi connectivity index (χ3v) is 14.0. The summed E-state index contributed by atoms with van der Waals surface area (Å²) < 4.78 is 19.5. The lowest BCUT2D eigenvalue weighted by Gasteiger charge is -2.37. The molecule has 2 saturated heterocycles. The van der Waals surface area contributed by atoms with Gasteiger partial charge in [-0.3, -0.25) is 14.4 Å². The van der Waals surface area contributed by atoms with Crippen molar-refractivity contribution < 1.29 is 28.9 Å². The predicted molar refractivity (Wildman–Crippen MR) is 164 cm³/mol. The Morgan fingerprint density at radius 3 is 2.60 bits per heavy atom. The number of ether oxygens (including phenoxy) is 3. The third kappa shape index (κ3) is 4.72. The fourth-order valence-electron chi connectivity index (χ4n) is 7.41. The largest absolute Gasteiger partial charge is 0.497 e. The summed E-state index contributed by atoms with van der Waals surface area (Å²) in [5.41, 5.74) is 1.90. The fraction of sp³-hybridized carbons (Fsp3) is 0.484. The van der Waals surface area contributed by atoms with Crippen LogP contribution >= 0.6 is 0 Å². The van der Waals surface area contributed by atoms with Crippen LogP contribution in [0.4, 0.5) is 16.2 Å². The number of aryl methyl sites for hydroxylation is 1. The van der Waals surface area contributed by atoms with Crippen molar-refractivity contribution in [1.82, 2.24) is 15.0 Å². The Morgan fingerprint density at radius 1 is 1.16 bits per heavy atom. The Bertz CT molecular complexity index is 1530. The highest BCUT2D eigenvalue weighted by Gasteiger charge is 2.65. The Hall–Kier alpha value is -3.74. The molecule has 4 atom stereocenters. The van der Waals surface area contributed by atoms with Crippen LogP contribution < -0.4 is 19.7 Å². The van der Waals surface area contributed by atoms with Crippen LogP contribution in [0.25, 0.3) is 0 Å². The molecule has 2 amide bonds. The number of methoxy groups -OCH3 is 1. The number of rotatable bonds is 9. The molecule has 2 aromatic carbocycles. The van der Waals surface area contributed by atoms with E-state index >= 15 is 0 Å². The molecule has 0 aliphatic carbocycles. The van der Waals surface area contributed by atoms with Crippen LogP contribution in [0.2, 0.25) is 18.6 Å². The molecule has 4 heterocycles. The number of aliphatic hydroxyl groups excluding tert-OH is 1. The Balaban J connectivity index is 1.41. The minimum atomic E-state index is -2.28. The molecule has 0 bridgehead atoms. The molecule has 12 heteroatoms. The lowest BCUT2D eigenvalue weighted by Crippen LogP contribution is -2.51. The maximum atomic E-state index is 14.3. The molecule has 43 heavy (non-hydrogen) atoms. The average Bonchev–Trinajstić information content (AvgIpc) is 3.76. The van der Waals surface area contributed by atoms with Crippen molar-refractivity contribution in [2.75, 3.05) is 43.7 Å². The molecule has 1 spiro atoms. The molecule has 0 saturated carbocycles. The maximum Gasteiger partial charge on any atom is 0.414 e. The Morgan fingerprint density at radius 2 is 1.93 bits per heavy atom. The molecule has 1 aromatic heterocycles. The van der Waals surface area contributed by atoms with Gasteiger partial charge in [-0.1, -0.05) is 42.6 Å². The van der Waals surface area contributed by atoms with Crippen molar-refractivity contribution in [3.8, 4) is 5.75 Å². The Kier molecular flexibility index (Phi) is 7.55. The van der Waals surface area contributed by atoms with Crippen molar-refractivity contribution in [2.24, 2.45) is 5.92 Å². The Labute approximate surface area is 252 Å². The van der Waals surface area contributed by atoms with Crippen LogP contribution in [0, 0.1) is 5.92 Å². The van der Waals surface area contributed by atoms with Crippen molar-refractivity contribution in [3.05, 3.63) is 59.9 Å². The fourth-order valence-corrected chi connectivity index (χ4v) is 11.5. The van der Waals surface area contributed by atoms with Gasteiger partial charge in [-0.05, 0) is 42.3 Å². The SMILES string of the molecule is COc1ccc([Si](C)(C)[C@H]2[C@H](CCn3cc(CCO)nn3)O[C@@]3(C(=O)N(C)c4ccc(N5CCOC5=O)cc43)[C@@H]2C)cc1. The van der Waals surface area contributed by atoms with E-state index < -0.39 is 13.7 Å². The summed E-state index contributed by atoms with van der Waals surface area (Å²) in [6, 6.07) is 14.0. The third-order valence-electron chi connectivity index (χ3n) is 9.62. The number of likely N-dealkylation sites (N-methyl/N-ethyl adjacent to an activating group) is 1. The minimum Gasteiger partial charge on any atom is -0.497 e. The number of hydrogen-bond donors (Lipinski definition) is 1. The first-order valence-corrected chi connectivity index (χ1v) is 17.9. The van der Waals surface area contributed by atoms with Gasteiger partial charge in [0, 0.05) is 50.0 Å². The van der Waals surface area contributed by atoms with Gasteiger partial charge in [-0.15, -0.1) is 5.10 Å². The summed E-state index contributed by atoms with van der Waals surface area (Å²) in [7, 11) is 1.17. The highest BCUT2D eigenvalue weighted by Crippen LogP contribution is 2.60. The highest BCUT2D eigenvalue weighted by molar-refractivity contribution is 6.91. The average molecular weight is 606 g/mol. The quantitative estimate of drug-likeness (QED) is 0.370. The van der Waals surface area contributed by atoms with E-state index in [1.807, 2.05) is 36.5 Å². The number of benzene rings is 2. The summed E-state index contributed by atoms with van der Waals surface area (Å²) in [4.78, 5) is 30.1. The molecule has 1 N–H and O–H groups in total. The lowest BCUT2D eigenvalue weighted by atomic mass is 9.82. The van der Waals surface area contributed by atoms with Gasteiger partial charge in [0.1, 0.15) is 12.4 Å². The monoisotopic (exact) mass is 605 g/mol. The van der Waals surface area contributed by atoms with Crippen molar-refractivity contribution >= 4 is 36.6 Å². The standard InChI is InChI=1S/C31H39N5O6Si/c1-20-28(43(4,5)24-9-7-23(40-3)8-10-24)27(12-14-35-19-21(13-16-37)32-33-35)42-31(20)25-18-22(36-15-17-41-30(36)39)6-11-26(25)34(2)29(31)38/h6-11,18-20,27-28,37H,12-17H2,1-5H3/t20-,27+,28-,31+/m1/s1. The van der Waals surface area contributed by atoms with Gasteiger partial charge < -0.3 is 24.2 Å². The van der Waals surface area contributed by atoms with Crippen molar-refractivity contribution in [3.63, 3.8) is 0 Å². The molecule has 11 nitrogen and oxygen atoms in total. The number of aromatic nitrogens is 3. The summed E-state index contributed by atoms with van der Waals surface area (Å²) in [5.74, 6) is 0.560. The molecule has 3 aliphatic heterocycles. The molecule has 0 radical (unpaired) electrons. The van der Waals surface area contributed by atoms with Crippen LogP contribution in [0.1, 0.15) is 24.6 Å². The van der Waals surface area contributed by atoms with E-state index in [-0.39, 0.29) is 36.2 Å². The van der Waals surface area contributed by atoms with Gasteiger partial charge in [0.25, 0.3) is 5.91 Å². The van der Waals surface area contributed by atoms with E-state index in [1.54, 1.807) is 28.6 Å². The van der Waals surface area contributed by atoms with Crippen LogP contribution in [0.3, 0.4) is 0 Å². The van der Waals surface area contributed by atoms with E-state index in [4.69, 9.17) is 14.2 Å². The topological polar surface area (TPSA) is 119 Å². The number of hydrogen-bond acceptors (Lipinski definition) is 8. The van der Waals surface area contributed by atoms with Crippen molar-refractivity contribution in [2.45, 2.75) is 56.7 Å². The number of carbonyl (C=O) groups is 2. The number of amides is 2. The number of carbonyl (C=O) groups excluding carboxylic acids is 2. The zero-order valence-corrected chi connectivity index (χ0v) is 26.3. The zero-order valence-electron chi connectivity index (χ0n) is 25.3. The second kappa shape index (κ2) is 11.1. The number of cyclic esters (lactones) is 1. The summed E-state index contributed by atoms with van der Waals surface area (Å²) >= 11 is 0. The normalized spacial score (nSPS) is 25.1. The number of aliphatic hydroxyl groups is 1. The van der Waals surface area contributed by atoms with Crippen LogP contribution in [-0.4, -0.2) is 80.2 Å². The van der Waals surface area contributed by atoms with Crippen LogP contribution in [0.5, 0.6) is 5.75 Å². The zero-order chi connectivity index (χ0) is 30.5. The minimum absolute atomic E-state index is 0.0143. The van der Waals surface area contributed by atoms with Gasteiger partial charge in [0.15, 0.2) is 5.60 Å². The second-order valence-electron chi connectivity index (χ2n) is 12.2.